The van der Waals surface area contributed by atoms with Crippen molar-refractivity contribution in [1.29, 1.82) is 0 Å². The lowest BCUT2D eigenvalue weighted by Crippen LogP contribution is -2.33. The van der Waals surface area contributed by atoms with Crippen LogP contribution in [-0.2, 0) is 11.2 Å². The Hall–Kier alpha value is -1.51. The van der Waals surface area contributed by atoms with Crippen LogP contribution in [0.25, 0.3) is 0 Å². The summed E-state index contributed by atoms with van der Waals surface area (Å²) in [7, 11) is 1.62. The standard InChI is InChI=1S/C13H19NO2/c1-4-10(2)14-13(15)9-11-7-5-6-8-12(11)16-3/h5-8,10H,4,9H2,1-3H3,(H,14,15). The molecule has 3 heteroatoms. The Morgan fingerprint density at radius 3 is 2.75 bits per heavy atom. The van der Waals surface area contributed by atoms with Gasteiger partial charge in [-0.2, -0.15) is 0 Å². The van der Waals surface area contributed by atoms with Crippen molar-refractivity contribution in [2.45, 2.75) is 32.7 Å². The van der Waals surface area contributed by atoms with Crippen LogP contribution in [0.2, 0.25) is 0 Å². The largest absolute Gasteiger partial charge is 0.496 e. The smallest absolute Gasteiger partial charge is 0.224 e. The van der Waals surface area contributed by atoms with Crippen molar-refractivity contribution >= 4 is 5.91 Å². The fourth-order valence-electron chi connectivity index (χ4n) is 1.45. The van der Waals surface area contributed by atoms with E-state index < -0.39 is 0 Å². The van der Waals surface area contributed by atoms with Gasteiger partial charge in [-0.05, 0) is 19.4 Å². The molecule has 1 N–H and O–H groups in total. The summed E-state index contributed by atoms with van der Waals surface area (Å²) in [6, 6.07) is 7.81. The van der Waals surface area contributed by atoms with E-state index in [-0.39, 0.29) is 11.9 Å². The maximum absolute atomic E-state index is 11.7. The molecular formula is C13H19NO2. The third kappa shape index (κ3) is 3.57. The first-order chi connectivity index (χ1) is 7.67. The number of hydrogen-bond donors (Lipinski definition) is 1. The molecule has 0 aliphatic carbocycles. The van der Waals surface area contributed by atoms with Crippen LogP contribution in [0.1, 0.15) is 25.8 Å². The SMILES string of the molecule is CCC(C)NC(=O)Cc1ccccc1OC. The number of nitrogens with one attached hydrogen (secondary N) is 1. The van der Waals surface area contributed by atoms with E-state index in [9.17, 15) is 4.79 Å². The second kappa shape index (κ2) is 6.16. The quantitative estimate of drug-likeness (QED) is 0.827. The topological polar surface area (TPSA) is 38.3 Å². The molecule has 0 heterocycles. The maximum atomic E-state index is 11.7. The first-order valence-corrected chi connectivity index (χ1v) is 5.58. The van der Waals surface area contributed by atoms with Gasteiger partial charge in [-0.15, -0.1) is 0 Å². The van der Waals surface area contributed by atoms with Crippen molar-refractivity contribution in [3.63, 3.8) is 0 Å². The molecule has 0 radical (unpaired) electrons. The molecule has 16 heavy (non-hydrogen) atoms. The van der Waals surface area contributed by atoms with Crippen molar-refractivity contribution in [1.82, 2.24) is 5.32 Å². The highest BCUT2D eigenvalue weighted by atomic mass is 16.5. The number of amides is 1. The molecule has 88 valence electrons. The molecular weight excluding hydrogens is 202 g/mol. The Labute approximate surface area is 96.8 Å². The minimum Gasteiger partial charge on any atom is -0.496 e. The average Bonchev–Trinajstić information content (AvgIpc) is 2.29. The van der Waals surface area contributed by atoms with Gasteiger partial charge in [-0.3, -0.25) is 4.79 Å². The molecule has 0 saturated carbocycles. The van der Waals surface area contributed by atoms with E-state index in [0.29, 0.717) is 6.42 Å². The third-order valence-electron chi connectivity index (χ3n) is 2.56. The fraction of sp³-hybridized carbons (Fsp3) is 0.462. The van der Waals surface area contributed by atoms with Crippen LogP contribution in [0.15, 0.2) is 24.3 Å². The molecule has 0 aliphatic heterocycles. The number of ether oxygens (including phenoxy) is 1. The summed E-state index contributed by atoms with van der Waals surface area (Å²) in [6.07, 6.45) is 1.31. The zero-order valence-electron chi connectivity index (χ0n) is 10.1. The molecule has 0 aliphatic rings. The van der Waals surface area contributed by atoms with Crippen LogP contribution in [0, 0.1) is 0 Å². The van der Waals surface area contributed by atoms with Crippen molar-refractivity contribution in [2.24, 2.45) is 0 Å². The average molecular weight is 221 g/mol. The van der Waals surface area contributed by atoms with E-state index in [0.717, 1.165) is 17.7 Å². The van der Waals surface area contributed by atoms with Crippen LogP contribution in [-0.4, -0.2) is 19.1 Å². The molecule has 0 fully saturated rings. The van der Waals surface area contributed by atoms with Gasteiger partial charge in [0.25, 0.3) is 0 Å². The van der Waals surface area contributed by atoms with E-state index in [2.05, 4.69) is 5.32 Å². The van der Waals surface area contributed by atoms with Crippen LogP contribution in [0.4, 0.5) is 0 Å². The molecule has 0 saturated heterocycles. The molecule has 1 atom stereocenters. The zero-order chi connectivity index (χ0) is 12.0. The predicted octanol–water partition coefficient (Wildman–Crippen LogP) is 2.15. The second-order valence-electron chi connectivity index (χ2n) is 3.87. The Bertz CT molecular complexity index is 350. The summed E-state index contributed by atoms with van der Waals surface area (Å²) < 4.78 is 5.20. The summed E-state index contributed by atoms with van der Waals surface area (Å²) >= 11 is 0. The number of carbonyl (C=O) groups is 1. The highest BCUT2D eigenvalue weighted by molar-refractivity contribution is 5.79. The number of hydrogen-bond acceptors (Lipinski definition) is 2. The highest BCUT2D eigenvalue weighted by Crippen LogP contribution is 2.17. The van der Waals surface area contributed by atoms with Gasteiger partial charge in [-0.1, -0.05) is 25.1 Å². The number of carbonyl (C=O) groups excluding carboxylic acids is 1. The Balaban J connectivity index is 2.62. The molecule has 0 aromatic heterocycles. The van der Waals surface area contributed by atoms with Crippen LogP contribution in [0.3, 0.4) is 0 Å². The van der Waals surface area contributed by atoms with Crippen LogP contribution >= 0.6 is 0 Å². The Morgan fingerprint density at radius 1 is 1.44 bits per heavy atom. The summed E-state index contributed by atoms with van der Waals surface area (Å²) in [6.45, 7) is 4.05. The summed E-state index contributed by atoms with van der Waals surface area (Å²) in [5.41, 5.74) is 0.922. The number of methoxy groups -OCH3 is 1. The van der Waals surface area contributed by atoms with Gasteiger partial charge in [0.1, 0.15) is 5.75 Å². The normalized spacial score (nSPS) is 11.9. The lowest BCUT2D eigenvalue weighted by molar-refractivity contribution is -0.121. The Morgan fingerprint density at radius 2 is 2.12 bits per heavy atom. The van der Waals surface area contributed by atoms with E-state index in [1.807, 2.05) is 38.1 Å². The van der Waals surface area contributed by atoms with Gasteiger partial charge in [0.2, 0.25) is 5.91 Å². The summed E-state index contributed by atoms with van der Waals surface area (Å²) in [4.78, 5) is 11.7. The maximum Gasteiger partial charge on any atom is 0.224 e. The van der Waals surface area contributed by atoms with Gasteiger partial charge in [-0.25, -0.2) is 0 Å². The zero-order valence-corrected chi connectivity index (χ0v) is 10.1. The van der Waals surface area contributed by atoms with Gasteiger partial charge < -0.3 is 10.1 Å². The molecule has 3 nitrogen and oxygen atoms in total. The monoisotopic (exact) mass is 221 g/mol. The molecule has 1 unspecified atom stereocenters. The predicted molar refractivity (Wildman–Crippen MR) is 64.6 cm³/mol. The van der Waals surface area contributed by atoms with Crippen molar-refractivity contribution in [3.8, 4) is 5.75 Å². The number of benzene rings is 1. The van der Waals surface area contributed by atoms with Gasteiger partial charge in [0.15, 0.2) is 0 Å². The van der Waals surface area contributed by atoms with Crippen molar-refractivity contribution in [3.05, 3.63) is 29.8 Å². The molecule has 1 amide bonds. The van der Waals surface area contributed by atoms with E-state index in [1.165, 1.54) is 0 Å². The molecule has 0 bridgehead atoms. The summed E-state index contributed by atoms with van der Waals surface area (Å²) in [5, 5.41) is 2.93. The van der Waals surface area contributed by atoms with E-state index >= 15 is 0 Å². The molecule has 0 spiro atoms. The number of rotatable bonds is 5. The van der Waals surface area contributed by atoms with Crippen LogP contribution in [0.5, 0.6) is 5.75 Å². The second-order valence-corrected chi connectivity index (χ2v) is 3.87. The van der Waals surface area contributed by atoms with E-state index in [1.54, 1.807) is 7.11 Å². The van der Waals surface area contributed by atoms with Gasteiger partial charge in [0.05, 0.1) is 13.5 Å². The molecule has 1 aromatic rings. The lowest BCUT2D eigenvalue weighted by Gasteiger charge is -2.12. The Kier molecular flexibility index (Phi) is 4.83. The minimum atomic E-state index is 0.0406. The van der Waals surface area contributed by atoms with Crippen molar-refractivity contribution in [2.75, 3.05) is 7.11 Å². The third-order valence-corrected chi connectivity index (χ3v) is 2.56. The summed E-state index contributed by atoms with van der Waals surface area (Å²) in [5.74, 6) is 0.806. The first-order valence-electron chi connectivity index (χ1n) is 5.58. The van der Waals surface area contributed by atoms with Crippen molar-refractivity contribution < 1.29 is 9.53 Å². The number of para-hydroxylation sites is 1. The fourth-order valence-corrected chi connectivity index (χ4v) is 1.45. The molecule has 1 aromatic carbocycles. The van der Waals surface area contributed by atoms with Crippen LogP contribution < -0.4 is 10.1 Å². The first kappa shape index (κ1) is 12.6. The lowest BCUT2D eigenvalue weighted by atomic mass is 10.1. The minimum absolute atomic E-state index is 0.0406. The van der Waals surface area contributed by atoms with E-state index in [4.69, 9.17) is 4.74 Å². The van der Waals surface area contributed by atoms with Gasteiger partial charge >= 0.3 is 0 Å². The highest BCUT2D eigenvalue weighted by Gasteiger charge is 2.09. The van der Waals surface area contributed by atoms with Gasteiger partial charge in [0, 0.05) is 11.6 Å². The molecule has 1 rings (SSSR count).